The first-order chi connectivity index (χ1) is 11.4. The van der Waals surface area contributed by atoms with E-state index >= 15 is 0 Å². The molecule has 0 aromatic carbocycles. The van der Waals surface area contributed by atoms with Gasteiger partial charge in [-0.1, -0.05) is 19.4 Å². The number of hydrogen-bond acceptors (Lipinski definition) is 3. The fraction of sp³-hybridized carbons (Fsp3) is 0.810. The Hall–Kier alpha value is -1.12. The van der Waals surface area contributed by atoms with Crippen LogP contribution in [0, 0.1) is 34.5 Å². The lowest BCUT2D eigenvalue weighted by molar-refractivity contribution is -0.152. The fourth-order valence-electron chi connectivity index (χ4n) is 7.09. The molecule has 3 saturated carbocycles. The van der Waals surface area contributed by atoms with Crippen LogP contribution in [0.2, 0.25) is 0 Å². The molecule has 0 N–H and O–H groups in total. The third-order valence-electron chi connectivity index (χ3n) is 8.45. The zero-order chi connectivity index (χ0) is 17.1. The van der Waals surface area contributed by atoms with Crippen LogP contribution >= 0.6 is 0 Å². The number of fused-ring (bicyclic) bond motifs is 5. The van der Waals surface area contributed by atoms with Crippen LogP contribution in [0.15, 0.2) is 11.6 Å². The standard InChI is InChI=1S/C21H30O3/c1-20-10-8-14(22)12-13(20)4-5-15-16-6-7-18(19(23)24-3)21(16,2)11-9-17(15)20/h12,15-18H,4-11H2,1-3H3/t15-,16-,17+,18?,20-,21-/m0/s1. The Morgan fingerprint density at radius 2 is 1.88 bits per heavy atom. The summed E-state index contributed by atoms with van der Waals surface area (Å²) >= 11 is 0. The molecule has 6 atom stereocenters. The van der Waals surface area contributed by atoms with E-state index in [1.807, 2.05) is 6.08 Å². The summed E-state index contributed by atoms with van der Waals surface area (Å²) in [5.74, 6) is 2.48. The Morgan fingerprint density at radius 3 is 2.62 bits per heavy atom. The number of ketones is 1. The number of carbonyl (C=O) groups is 2. The van der Waals surface area contributed by atoms with Gasteiger partial charge in [-0.25, -0.2) is 0 Å². The molecule has 3 nitrogen and oxygen atoms in total. The van der Waals surface area contributed by atoms with Crippen molar-refractivity contribution in [2.45, 2.75) is 65.2 Å². The maximum Gasteiger partial charge on any atom is 0.309 e. The van der Waals surface area contributed by atoms with Crippen molar-refractivity contribution in [1.29, 1.82) is 0 Å². The molecule has 4 rings (SSSR count). The van der Waals surface area contributed by atoms with Crippen LogP contribution in [0.4, 0.5) is 0 Å². The van der Waals surface area contributed by atoms with E-state index < -0.39 is 0 Å². The molecule has 0 aliphatic heterocycles. The molecule has 0 saturated heterocycles. The van der Waals surface area contributed by atoms with Crippen LogP contribution in [-0.2, 0) is 14.3 Å². The van der Waals surface area contributed by atoms with Crippen molar-refractivity contribution in [1.82, 2.24) is 0 Å². The van der Waals surface area contributed by atoms with Crippen LogP contribution in [0.1, 0.15) is 65.2 Å². The molecule has 0 spiro atoms. The highest BCUT2D eigenvalue weighted by Crippen LogP contribution is 2.66. The first kappa shape index (κ1) is 16.4. The van der Waals surface area contributed by atoms with E-state index in [-0.39, 0.29) is 22.7 Å². The van der Waals surface area contributed by atoms with Gasteiger partial charge in [0.1, 0.15) is 0 Å². The number of carbonyl (C=O) groups excluding carboxylic acids is 2. The lowest BCUT2D eigenvalue weighted by Crippen LogP contribution is -2.51. The van der Waals surface area contributed by atoms with Gasteiger partial charge in [0.05, 0.1) is 13.0 Å². The van der Waals surface area contributed by atoms with Gasteiger partial charge in [-0.2, -0.15) is 0 Å². The maximum atomic E-state index is 12.3. The number of rotatable bonds is 1. The Labute approximate surface area is 145 Å². The first-order valence-corrected chi connectivity index (χ1v) is 9.72. The number of methoxy groups -OCH3 is 1. The molecule has 0 amide bonds. The summed E-state index contributed by atoms with van der Waals surface area (Å²) < 4.78 is 5.12. The minimum Gasteiger partial charge on any atom is -0.469 e. The monoisotopic (exact) mass is 330 g/mol. The zero-order valence-corrected chi connectivity index (χ0v) is 15.3. The van der Waals surface area contributed by atoms with Crippen molar-refractivity contribution >= 4 is 11.8 Å². The molecule has 1 unspecified atom stereocenters. The Balaban J connectivity index is 1.65. The van der Waals surface area contributed by atoms with Crippen molar-refractivity contribution in [2.75, 3.05) is 7.11 Å². The SMILES string of the molecule is COC(=O)C1CC[C@H]2[C@@H]3CCC4=CC(=O)CC[C@]4(C)[C@@H]3CC[C@]12C. The molecule has 3 fully saturated rings. The zero-order valence-electron chi connectivity index (χ0n) is 15.3. The summed E-state index contributed by atoms with van der Waals surface area (Å²) in [6, 6.07) is 0. The number of allylic oxidation sites excluding steroid dienone is 1. The highest BCUT2D eigenvalue weighted by atomic mass is 16.5. The first-order valence-electron chi connectivity index (χ1n) is 9.72. The van der Waals surface area contributed by atoms with Gasteiger partial charge in [0, 0.05) is 6.42 Å². The lowest BCUT2D eigenvalue weighted by Gasteiger charge is -2.57. The summed E-state index contributed by atoms with van der Waals surface area (Å²) in [6.45, 7) is 4.76. The van der Waals surface area contributed by atoms with Gasteiger partial charge in [0.2, 0.25) is 0 Å². The second kappa shape index (κ2) is 5.44. The second-order valence-corrected chi connectivity index (χ2v) is 9.17. The van der Waals surface area contributed by atoms with Gasteiger partial charge in [0.25, 0.3) is 0 Å². The predicted molar refractivity (Wildman–Crippen MR) is 92.2 cm³/mol. The van der Waals surface area contributed by atoms with Crippen LogP contribution < -0.4 is 0 Å². The Bertz CT molecular complexity index is 606. The summed E-state index contributed by atoms with van der Waals surface area (Å²) in [4.78, 5) is 24.2. The maximum absolute atomic E-state index is 12.3. The van der Waals surface area contributed by atoms with E-state index in [4.69, 9.17) is 4.74 Å². The van der Waals surface area contributed by atoms with E-state index in [1.165, 1.54) is 31.9 Å². The third-order valence-corrected chi connectivity index (χ3v) is 8.45. The molecule has 0 heterocycles. The normalized spacial score (nSPS) is 47.3. The van der Waals surface area contributed by atoms with Gasteiger partial charge in [-0.05, 0) is 79.6 Å². The van der Waals surface area contributed by atoms with Crippen molar-refractivity contribution < 1.29 is 14.3 Å². The summed E-state index contributed by atoms with van der Waals surface area (Å²) in [5, 5.41) is 0. The Morgan fingerprint density at radius 1 is 1.08 bits per heavy atom. The lowest BCUT2D eigenvalue weighted by atomic mass is 9.47. The van der Waals surface area contributed by atoms with Crippen LogP contribution in [0.25, 0.3) is 0 Å². The minimum atomic E-state index is 0.00400. The molecule has 4 aliphatic rings. The molecule has 0 aromatic heterocycles. The van der Waals surface area contributed by atoms with E-state index in [2.05, 4.69) is 13.8 Å². The van der Waals surface area contributed by atoms with E-state index in [9.17, 15) is 9.59 Å². The van der Waals surface area contributed by atoms with Gasteiger partial charge in [-0.15, -0.1) is 0 Å². The third kappa shape index (κ3) is 2.09. The average molecular weight is 330 g/mol. The molecule has 0 bridgehead atoms. The second-order valence-electron chi connectivity index (χ2n) is 9.17. The molecular weight excluding hydrogens is 300 g/mol. The van der Waals surface area contributed by atoms with Crippen LogP contribution in [-0.4, -0.2) is 18.9 Å². The van der Waals surface area contributed by atoms with Crippen molar-refractivity contribution in [2.24, 2.45) is 34.5 Å². The van der Waals surface area contributed by atoms with Crippen molar-refractivity contribution in [3.8, 4) is 0 Å². The summed E-state index contributed by atoms with van der Waals surface area (Å²) in [6.07, 6.45) is 10.5. The van der Waals surface area contributed by atoms with E-state index in [0.717, 1.165) is 32.1 Å². The quantitative estimate of drug-likeness (QED) is 0.673. The van der Waals surface area contributed by atoms with Gasteiger partial charge in [-0.3, -0.25) is 9.59 Å². The number of esters is 1. The summed E-state index contributed by atoms with van der Waals surface area (Å²) in [5.41, 5.74) is 1.77. The highest BCUT2D eigenvalue weighted by Gasteiger charge is 2.60. The minimum absolute atomic E-state index is 0.00400. The van der Waals surface area contributed by atoms with Crippen LogP contribution in [0.5, 0.6) is 0 Å². The Kier molecular flexibility index (Phi) is 3.71. The van der Waals surface area contributed by atoms with Crippen molar-refractivity contribution in [3.05, 3.63) is 11.6 Å². The number of hydrogen-bond donors (Lipinski definition) is 0. The molecule has 4 aliphatic carbocycles. The number of ether oxygens (including phenoxy) is 1. The fourth-order valence-corrected chi connectivity index (χ4v) is 7.09. The molecule has 24 heavy (non-hydrogen) atoms. The summed E-state index contributed by atoms with van der Waals surface area (Å²) in [7, 11) is 1.53. The van der Waals surface area contributed by atoms with Crippen molar-refractivity contribution in [3.63, 3.8) is 0 Å². The van der Waals surface area contributed by atoms with E-state index in [0.29, 0.717) is 23.5 Å². The van der Waals surface area contributed by atoms with Crippen LogP contribution in [0.3, 0.4) is 0 Å². The molecule has 0 aromatic rings. The molecule has 0 radical (unpaired) electrons. The topological polar surface area (TPSA) is 43.4 Å². The van der Waals surface area contributed by atoms with Gasteiger partial charge in [0.15, 0.2) is 5.78 Å². The van der Waals surface area contributed by atoms with Gasteiger partial charge < -0.3 is 4.74 Å². The largest absolute Gasteiger partial charge is 0.469 e. The highest BCUT2D eigenvalue weighted by molar-refractivity contribution is 5.91. The molecular formula is C21H30O3. The average Bonchev–Trinajstić information content (AvgIpc) is 2.92. The predicted octanol–water partition coefficient (Wildman–Crippen LogP) is 4.31. The molecule has 3 heteroatoms. The molecule has 132 valence electrons. The smallest absolute Gasteiger partial charge is 0.309 e. The van der Waals surface area contributed by atoms with Gasteiger partial charge >= 0.3 is 5.97 Å². The van der Waals surface area contributed by atoms with E-state index in [1.54, 1.807) is 0 Å².